The van der Waals surface area contributed by atoms with Crippen LogP contribution in [-0.4, -0.2) is 37.0 Å². The molecule has 2 atom stereocenters. The van der Waals surface area contributed by atoms with E-state index < -0.39 is 6.10 Å². The van der Waals surface area contributed by atoms with Gasteiger partial charge in [0, 0.05) is 12.1 Å². The molecular formula is C29H37NO4. The molecule has 2 N–H and O–H groups in total. The van der Waals surface area contributed by atoms with Crippen molar-refractivity contribution >= 4 is 10.8 Å². The van der Waals surface area contributed by atoms with Crippen molar-refractivity contribution in [2.24, 2.45) is 5.92 Å². The number of rotatable bonds is 13. The van der Waals surface area contributed by atoms with Crippen molar-refractivity contribution in [1.82, 2.24) is 5.32 Å². The molecule has 0 aliphatic heterocycles. The van der Waals surface area contributed by atoms with Gasteiger partial charge >= 0.3 is 0 Å². The molecule has 1 aliphatic rings. The average Bonchev–Trinajstić information content (AvgIpc) is 3.67. The summed E-state index contributed by atoms with van der Waals surface area (Å²) in [7, 11) is 1.51. The van der Waals surface area contributed by atoms with Crippen LogP contribution in [0, 0.1) is 5.92 Å². The van der Waals surface area contributed by atoms with Gasteiger partial charge in [0.15, 0.2) is 0 Å². The first-order valence-electron chi connectivity index (χ1n) is 12.2. The van der Waals surface area contributed by atoms with Gasteiger partial charge in [-0.15, -0.1) is 0 Å². The van der Waals surface area contributed by atoms with Crippen LogP contribution in [0.1, 0.15) is 49.5 Å². The van der Waals surface area contributed by atoms with Crippen molar-refractivity contribution < 1.29 is 19.6 Å². The Labute approximate surface area is 203 Å². The Morgan fingerprint density at radius 1 is 0.971 bits per heavy atom. The van der Waals surface area contributed by atoms with Gasteiger partial charge in [-0.05, 0) is 66.5 Å². The summed E-state index contributed by atoms with van der Waals surface area (Å²) in [6, 6.07) is 23.3. The van der Waals surface area contributed by atoms with E-state index in [2.05, 4.69) is 78.6 Å². The van der Waals surface area contributed by atoms with E-state index in [4.69, 9.17) is 9.62 Å². The summed E-state index contributed by atoms with van der Waals surface area (Å²) in [5.41, 5.74) is 3.35. The van der Waals surface area contributed by atoms with E-state index in [9.17, 15) is 5.11 Å². The van der Waals surface area contributed by atoms with Gasteiger partial charge in [0.05, 0.1) is 25.9 Å². The van der Waals surface area contributed by atoms with E-state index >= 15 is 0 Å². The predicted octanol–water partition coefficient (Wildman–Crippen LogP) is 5.36. The van der Waals surface area contributed by atoms with Gasteiger partial charge < -0.3 is 15.2 Å². The zero-order valence-electron chi connectivity index (χ0n) is 20.5. The maximum absolute atomic E-state index is 10.6. The van der Waals surface area contributed by atoms with E-state index in [1.54, 1.807) is 0 Å². The summed E-state index contributed by atoms with van der Waals surface area (Å²) in [5, 5.41) is 16.7. The molecule has 5 nitrogen and oxygen atoms in total. The second-order valence-electron chi connectivity index (χ2n) is 10.0. The standard InChI is InChI=1S/C29H37NO4/c1-29(2,17-22-10-11-23-6-4-5-7-26(23)16-22)30-18-27(31)20-33-28(25-14-15-25)24-12-8-21(9-13-24)19-34-32-3/h4-13,16,25,27-28,30-31H,14-15,17-20H2,1-3H3. The fourth-order valence-corrected chi connectivity index (χ4v) is 4.42. The smallest absolute Gasteiger partial charge is 0.107 e. The van der Waals surface area contributed by atoms with E-state index in [-0.39, 0.29) is 11.6 Å². The molecule has 0 spiro atoms. The second-order valence-corrected chi connectivity index (χ2v) is 10.0. The SMILES string of the molecule is COOCc1ccc(C(OCC(O)CNC(C)(C)Cc2ccc3ccccc3c2)C2CC2)cc1. The van der Waals surface area contributed by atoms with Gasteiger partial charge in [0.2, 0.25) is 0 Å². The highest BCUT2D eigenvalue weighted by atomic mass is 17.2. The molecule has 0 heterocycles. The third-order valence-corrected chi connectivity index (χ3v) is 6.45. The van der Waals surface area contributed by atoms with E-state index in [1.165, 1.54) is 36.3 Å². The highest BCUT2D eigenvalue weighted by Crippen LogP contribution is 2.43. The van der Waals surface area contributed by atoms with E-state index in [1.807, 2.05) is 12.1 Å². The number of aliphatic hydroxyl groups excluding tert-OH is 1. The first-order chi connectivity index (χ1) is 16.4. The minimum absolute atomic E-state index is 0.0256. The van der Waals surface area contributed by atoms with Crippen molar-refractivity contribution in [1.29, 1.82) is 0 Å². The van der Waals surface area contributed by atoms with Crippen LogP contribution in [0.15, 0.2) is 66.7 Å². The lowest BCUT2D eigenvalue weighted by molar-refractivity contribution is -0.282. The fraction of sp³-hybridized carbons (Fsp3) is 0.448. The van der Waals surface area contributed by atoms with Crippen LogP contribution in [0.2, 0.25) is 0 Å². The van der Waals surface area contributed by atoms with Crippen LogP contribution < -0.4 is 5.32 Å². The monoisotopic (exact) mass is 463 g/mol. The van der Waals surface area contributed by atoms with Crippen LogP contribution in [0.3, 0.4) is 0 Å². The summed E-state index contributed by atoms with van der Waals surface area (Å²) in [5.74, 6) is 0.533. The number of nitrogens with one attached hydrogen (secondary N) is 1. The minimum atomic E-state index is -0.563. The molecule has 3 aromatic carbocycles. The van der Waals surface area contributed by atoms with Crippen molar-refractivity contribution in [2.75, 3.05) is 20.3 Å². The molecule has 0 aromatic heterocycles. The zero-order valence-corrected chi connectivity index (χ0v) is 20.5. The number of hydrogen-bond donors (Lipinski definition) is 2. The van der Waals surface area contributed by atoms with Crippen LogP contribution in [-0.2, 0) is 27.5 Å². The number of ether oxygens (including phenoxy) is 1. The Morgan fingerprint density at radius 3 is 2.38 bits per heavy atom. The average molecular weight is 464 g/mol. The Bertz CT molecular complexity index is 1050. The predicted molar refractivity (Wildman–Crippen MR) is 135 cm³/mol. The highest BCUT2D eigenvalue weighted by Gasteiger charge is 2.33. The van der Waals surface area contributed by atoms with Crippen molar-refractivity contribution in [3.63, 3.8) is 0 Å². The summed E-state index contributed by atoms with van der Waals surface area (Å²) >= 11 is 0. The van der Waals surface area contributed by atoms with E-state index in [0.717, 1.165) is 17.5 Å². The molecule has 1 aliphatic carbocycles. The van der Waals surface area contributed by atoms with Gasteiger partial charge in [-0.25, -0.2) is 9.78 Å². The van der Waals surface area contributed by atoms with Gasteiger partial charge in [-0.3, -0.25) is 0 Å². The molecule has 3 aromatic rings. The van der Waals surface area contributed by atoms with Gasteiger partial charge in [0.25, 0.3) is 0 Å². The molecule has 34 heavy (non-hydrogen) atoms. The lowest BCUT2D eigenvalue weighted by atomic mass is 9.93. The molecule has 2 unspecified atom stereocenters. The number of hydrogen-bond acceptors (Lipinski definition) is 5. The van der Waals surface area contributed by atoms with E-state index in [0.29, 0.717) is 25.7 Å². The maximum Gasteiger partial charge on any atom is 0.107 e. The molecule has 1 saturated carbocycles. The molecule has 0 bridgehead atoms. The highest BCUT2D eigenvalue weighted by molar-refractivity contribution is 5.83. The summed E-state index contributed by atoms with van der Waals surface area (Å²) in [6.45, 7) is 5.58. The number of fused-ring (bicyclic) bond motifs is 1. The van der Waals surface area contributed by atoms with Crippen LogP contribution in [0.5, 0.6) is 0 Å². The van der Waals surface area contributed by atoms with Crippen molar-refractivity contribution in [3.05, 3.63) is 83.4 Å². The van der Waals surface area contributed by atoms with Crippen molar-refractivity contribution in [2.45, 2.75) is 57.5 Å². The molecule has 5 heteroatoms. The van der Waals surface area contributed by atoms with Gasteiger partial charge in [-0.1, -0.05) is 66.7 Å². The first kappa shape index (κ1) is 24.8. The molecule has 0 amide bonds. The fourth-order valence-electron chi connectivity index (χ4n) is 4.42. The Morgan fingerprint density at radius 2 is 1.68 bits per heavy atom. The zero-order chi connectivity index (χ0) is 24.0. The summed E-state index contributed by atoms with van der Waals surface area (Å²) in [4.78, 5) is 9.67. The molecule has 0 radical (unpaired) electrons. The third-order valence-electron chi connectivity index (χ3n) is 6.45. The number of benzene rings is 3. The van der Waals surface area contributed by atoms with Crippen LogP contribution in [0.4, 0.5) is 0 Å². The first-order valence-corrected chi connectivity index (χ1v) is 12.2. The summed E-state index contributed by atoms with van der Waals surface area (Å²) in [6.07, 6.45) is 2.69. The minimum Gasteiger partial charge on any atom is -0.389 e. The summed E-state index contributed by atoms with van der Waals surface area (Å²) < 4.78 is 6.22. The Hall–Kier alpha value is -2.28. The maximum atomic E-state index is 10.6. The van der Waals surface area contributed by atoms with Crippen LogP contribution >= 0.6 is 0 Å². The van der Waals surface area contributed by atoms with Crippen LogP contribution in [0.25, 0.3) is 10.8 Å². The third kappa shape index (κ3) is 7.11. The largest absolute Gasteiger partial charge is 0.389 e. The molecule has 182 valence electrons. The Balaban J connectivity index is 1.26. The van der Waals surface area contributed by atoms with Gasteiger partial charge in [0.1, 0.15) is 6.61 Å². The topological polar surface area (TPSA) is 60.0 Å². The quantitative estimate of drug-likeness (QED) is 0.264. The lowest BCUT2D eigenvalue weighted by Gasteiger charge is -2.29. The molecular weight excluding hydrogens is 426 g/mol. The van der Waals surface area contributed by atoms with Crippen molar-refractivity contribution in [3.8, 4) is 0 Å². The number of β-amino-alcohol motifs (C(OH)–C–C–N with tert-alkyl or cyclic N) is 1. The molecule has 4 rings (SSSR count). The molecule has 0 saturated heterocycles. The lowest BCUT2D eigenvalue weighted by Crippen LogP contribution is -2.46. The normalized spacial score (nSPS) is 16.0. The Kier molecular flexibility index (Phi) is 8.35. The second kappa shape index (κ2) is 11.4. The molecule has 1 fully saturated rings. The van der Waals surface area contributed by atoms with Gasteiger partial charge in [-0.2, -0.15) is 0 Å². The number of aliphatic hydroxyl groups is 1.